The van der Waals surface area contributed by atoms with Gasteiger partial charge in [-0.15, -0.1) is 0 Å². The molecule has 1 heterocycles. The second-order valence-corrected chi connectivity index (χ2v) is 5.65. The van der Waals surface area contributed by atoms with E-state index in [1.54, 1.807) is 44.2 Å². The van der Waals surface area contributed by atoms with Crippen LogP contribution < -0.4 is 5.32 Å². The Morgan fingerprint density at radius 3 is 2.73 bits per heavy atom. The molecule has 0 bridgehead atoms. The lowest BCUT2D eigenvalue weighted by atomic mass is 9.96. The molecule has 1 amide bonds. The quantitative estimate of drug-likeness (QED) is 0.862. The van der Waals surface area contributed by atoms with Crippen molar-refractivity contribution in [2.75, 3.05) is 6.54 Å². The van der Waals surface area contributed by atoms with Crippen molar-refractivity contribution < 1.29 is 18.7 Å². The van der Waals surface area contributed by atoms with Gasteiger partial charge in [-0.1, -0.05) is 25.1 Å². The summed E-state index contributed by atoms with van der Waals surface area (Å²) in [6, 6.07) is 9.73. The fourth-order valence-corrected chi connectivity index (χ4v) is 2.28. The zero-order valence-electron chi connectivity index (χ0n) is 12.7. The van der Waals surface area contributed by atoms with E-state index in [1.807, 2.05) is 0 Å². The SMILES string of the molecule is CC(CC(=O)NCC(C)(O)c1ccco1)c1ccccc1F. The summed E-state index contributed by atoms with van der Waals surface area (Å²) in [5, 5.41) is 12.9. The predicted octanol–water partition coefficient (Wildman–Crippen LogP) is 2.94. The van der Waals surface area contributed by atoms with Gasteiger partial charge in [0.2, 0.25) is 5.91 Å². The number of nitrogens with one attached hydrogen (secondary N) is 1. The fourth-order valence-electron chi connectivity index (χ4n) is 2.28. The average molecular weight is 305 g/mol. The summed E-state index contributed by atoms with van der Waals surface area (Å²) in [7, 11) is 0. The van der Waals surface area contributed by atoms with E-state index < -0.39 is 5.60 Å². The monoisotopic (exact) mass is 305 g/mol. The third-order valence-electron chi connectivity index (χ3n) is 3.61. The predicted molar refractivity (Wildman–Crippen MR) is 80.7 cm³/mol. The highest BCUT2D eigenvalue weighted by Gasteiger charge is 2.27. The summed E-state index contributed by atoms with van der Waals surface area (Å²) in [6.45, 7) is 3.39. The second-order valence-electron chi connectivity index (χ2n) is 5.65. The zero-order chi connectivity index (χ0) is 16.2. The molecule has 5 heteroatoms. The number of carbonyl (C=O) groups is 1. The van der Waals surface area contributed by atoms with E-state index in [0.717, 1.165) is 0 Å². The number of carbonyl (C=O) groups excluding carboxylic acids is 1. The van der Waals surface area contributed by atoms with Crippen molar-refractivity contribution in [3.8, 4) is 0 Å². The molecule has 2 N–H and O–H groups in total. The van der Waals surface area contributed by atoms with E-state index in [-0.39, 0.29) is 30.6 Å². The fraction of sp³-hybridized carbons (Fsp3) is 0.353. The van der Waals surface area contributed by atoms with Crippen molar-refractivity contribution in [2.45, 2.75) is 31.8 Å². The van der Waals surface area contributed by atoms with Crippen LogP contribution in [0.3, 0.4) is 0 Å². The maximum atomic E-state index is 13.7. The lowest BCUT2D eigenvalue weighted by molar-refractivity contribution is -0.122. The third-order valence-corrected chi connectivity index (χ3v) is 3.61. The first-order chi connectivity index (χ1) is 10.4. The van der Waals surface area contributed by atoms with Crippen LogP contribution in [0.1, 0.15) is 37.5 Å². The Balaban J connectivity index is 1.89. The summed E-state index contributed by atoms with van der Waals surface area (Å²) < 4.78 is 18.8. The smallest absolute Gasteiger partial charge is 0.220 e. The lowest BCUT2D eigenvalue weighted by Gasteiger charge is -2.21. The molecule has 2 aromatic rings. The van der Waals surface area contributed by atoms with E-state index in [4.69, 9.17) is 4.42 Å². The molecule has 2 unspecified atom stereocenters. The Hall–Kier alpha value is -2.14. The Kier molecular flexibility index (Phi) is 4.98. The van der Waals surface area contributed by atoms with Gasteiger partial charge in [0, 0.05) is 6.42 Å². The van der Waals surface area contributed by atoms with Crippen molar-refractivity contribution in [1.29, 1.82) is 0 Å². The number of amides is 1. The number of halogens is 1. The van der Waals surface area contributed by atoms with Crippen LogP contribution >= 0.6 is 0 Å². The number of aliphatic hydroxyl groups is 1. The number of hydrogen-bond donors (Lipinski definition) is 2. The first-order valence-electron chi connectivity index (χ1n) is 7.17. The molecule has 1 aromatic carbocycles. The van der Waals surface area contributed by atoms with Crippen LogP contribution in [0.4, 0.5) is 4.39 Å². The van der Waals surface area contributed by atoms with Crippen LogP contribution in [0.2, 0.25) is 0 Å². The van der Waals surface area contributed by atoms with Crippen LogP contribution in [-0.2, 0) is 10.4 Å². The Bertz CT molecular complexity index is 623. The number of benzene rings is 1. The maximum absolute atomic E-state index is 13.7. The molecule has 0 saturated carbocycles. The summed E-state index contributed by atoms with van der Waals surface area (Å²) in [6.07, 6.45) is 1.61. The first kappa shape index (κ1) is 16.2. The van der Waals surface area contributed by atoms with Crippen molar-refractivity contribution in [2.24, 2.45) is 0 Å². The minimum absolute atomic E-state index is 0.0311. The molecule has 0 radical (unpaired) electrons. The molecule has 0 saturated heterocycles. The molecule has 0 spiro atoms. The first-order valence-corrected chi connectivity index (χ1v) is 7.17. The second kappa shape index (κ2) is 6.75. The van der Waals surface area contributed by atoms with Crippen LogP contribution in [0.25, 0.3) is 0 Å². The molecule has 2 rings (SSSR count). The molecular weight excluding hydrogens is 285 g/mol. The molecule has 118 valence electrons. The number of rotatable bonds is 6. The normalized spacial score (nSPS) is 15.1. The van der Waals surface area contributed by atoms with Gasteiger partial charge < -0.3 is 14.8 Å². The van der Waals surface area contributed by atoms with Crippen LogP contribution in [-0.4, -0.2) is 17.6 Å². The summed E-state index contributed by atoms with van der Waals surface area (Å²) in [5.74, 6) is -0.419. The van der Waals surface area contributed by atoms with Crippen molar-refractivity contribution in [3.05, 3.63) is 59.8 Å². The van der Waals surface area contributed by atoms with E-state index in [2.05, 4.69) is 5.32 Å². The molecule has 0 aliphatic heterocycles. The number of hydrogen-bond acceptors (Lipinski definition) is 3. The lowest BCUT2D eigenvalue weighted by Crippen LogP contribution is -2.38. The standard InChI is InChI=1S/C17H20FNO3/c1-12(13-6-3-4-7-14(13)18)10-16(20)19-11-17(2,21)15-8-5-9-22-15/h3-9,12,21H,10-11H2,1-2H3,(H,19,20). The Morgan fingerprint density at radius 1 is 1.36 bits per heavy atom. The van der Waals surface area contributed by atoms with Crippen LogP contribution in [0, 0.1) is 5.82 Å². The molecule has 1 aromatic heterocycles. The highest BCUT2D eigenvalue weighted by Crippen LogP contribution is 2.23. The van der Waals surface area contributed by atoms with Gasteiger partial charge >= 0.3 is 0 Å². The van der Waals surface area contributed by atoms with Crippen LogP contribution in [0.5, 0.6) is 0 Å². The Morgan fingerprint density at radius 2 is 2.09 bits per heavy atom. The van der Waals surface area contributed by atoms with Gasteiger partial charge in [-0.05, 0) is 36.6 Å². The van der Waals surface area contributed by atoms with Gasteiger partial charge in [0.25, 0.3) is 0 Å². The molecular formula is C17H20FNO3. The van der Waals surface area contributed by atoms with E-state index >= 15 is 0 Å². The zero-order valence-corrected chi connectivity index (χ0v) is 12.7. The topological polar surface area (TPSA) is 62.5 Å². The van der Waals surface area contributed by atoms with Gasteiger partial charge in [-0.2, -0.15) is 0 Å². The Labute approximate surface area is 129 Å². The molecule has 4 nitrogen and oxygen atoms in total. The molecule has 0 fully saturated rings. The largest absolute Gasteiger partial charge is 0.466 e. The van der Waals surface area contributed by atoms with Gasteiger partial charge in [0.15, 0.2) is 0 Å². The average Bonchev–Trinajstić information content (AvgIpc) is 3.00. The summed E-state index contributed by atoms with van der Waals surface area (Å²) in [5.41, 5.74) is -0.768. The van der Waals surface area contributed by atoms with Gasteiger partial charge in [-0.25, -0.2) is 4.39 Å². The molecule has 0 aliphatic carbocycles. The third kappa shape index (κ3) is 3.95. The maximum Gasteiger partial charge on any atom is 0.220 e. The molecule has 0 aliphatic rings. The van der Waals surface area contributed by atoms with E-state index in [1.165, 1.54) is 12.3 Å². The molecule has 2 atom stereocenters. The molecule has 22 heavy (non-hydrogen) atoms. The highest BCUT2D eigenvalue weighted by atomic mass is 19.1. The van der Waals surface area contributed by atoms with Gasteiger partial charge in [0.1, 0.15) is 17.2 Å². The highest BCUT2D eigenvalue weighted by molar-refractivity contribution is 5.76. The minimum atomic E-state index is -1.28. The minimum Gasteiger partial charge on any atom is -0.466 e. The van der Waals surface area contributed by atoms with Crippen molar-refractivity contribution >= 4 is 5.91 Å². The van der Waals surface area contributed by atoms with E-state index in [9.17, 15) is 14.3 Å². The van der Waals surface area contributed by atoms with Gasteiger partial charge in [-0.3, -0.25) is 4.79 Å². The summed E-state index contributed by atoms with van der Waals surface area (Å²) >= 11 is 0. The summed E-state index contributed by atoms with van der Waals surface area (Å²) in [4.78, 5) is 12.0. The van der Waals surface area contributed by atoms with Crippen LogP contribution in [0.15, 0.2) is 47.1 Å². The van der Waals surface area contributed by atoms with Crippen molar-refractivity contribution in [1.82, 2.24) is 5.32 Å². The van der Waals surface area contributed by atoms with Crippen molar-refractivity contribution in [3.63, 3.8) is 0 Å². The van der Waals surface area contributed by atoms with Gasteiger partial charge in [0.05, 0.1) is 12.8 Å². The van der Waals surface area contributed by atoms with E-state index in [0.29, 0.717) is 11.3 Å². The number of furan rings is 1.